The number of aliphatic hydroxyl groups is 2. The highest BCUT2D eigenvalue weighted by Gasteiger charge is 2.33. The lowest BCUT2D eigenvalue weighted by atomic mass is 10.0. The van der Waals surface area contributed by atoms with Gasteiger partial charge in [0.1, 0.15) is 24.7 Å². The van der Waals surface area contributed by atoms with Crippen LogP contribution >= 0.6 is 0 Å². The highest BCUT2D eigenvalue weighted by molar-refractivity contribution is 5.51. The predicted octanol–water partition coefficient (Wildman–Crippen LogP) is 8.14. The van der Waals surface area contributed by atoms with E-state index in [-0.39, 0.29) is 38.5 Å². The van der Waals surface area contributed by atoms with Crippen molar-refractivity contribution in [2.75, 3.05) is 91.9 Å². The lowest BCUT2D eigenvalue weighted by Crippen LogP contribution is -2.48. The van der Waals surface area contributed by atoms with Crippen LogP contribution < -0.4 is 9.47 Å². The van der Waals surface area contributed by atoms with Crippen LogP contribution in [0, 0.1) is 27.7 Å². The number of para-hydroxylation sites is 2. The summed E-state index contributed by atoms with van der Waals surface area (Å²) in [6.07, 6.45) is 8.86. The van der Waals surface area contributed by atoms with E-state index in [1.54, 1.807) is 0 Å². The van der Waals surface area contributed by atoms with Gasteiger partial charge in [-0.15, -0.1) is 10.2 Å². The minimum absolute atomic E-state index is 0.0286. The van der Waals surface area contributed by atoms with Gasteiger partial charge in [0, 0.05) is 65.4 Å². The Morgan fingerprint density at radius 1 is 0.462 bits per heavy atom. The van der Waals surface area contributed by atoms with Gasteiger partial charge >= 0.3 is 0 Å². The summed E-state index contributed by atoms with van der Waals surface area (Å²) < 4.78 is 15.3. The van der Waals surface area contributed by atoms with E-state index in [0.29, 0.717) is 0 Å². The average molecular weight is 1050 g/mol. The van der Waals surface area contributed by atoms with Crippen molar-refractivity contribution >= 4 is 12.2 Å². The normalized spacial score (nSPS) is 15.6. The first-order chi connectivity index (χ1) is 38.3. The number of rotatable bonds is 20. The molecule has 2 aliphatic rings. The van der Waals surface area contributed by atoms with Gasteiger partial charge in [0.15, 0.2) is 11.6 Å². The van der Waals surface area contributed by atoms with E-state index >= 15 is 0 Å². The number of aromatic nitrogens is 8. The second kappa shape index (κ2) is 27.6. The molecule has 6 aromatic carbocycles. The average Bonchev–Trinajstić information content (AvgIpc) is 4.17. The monoisotopic (exact) mass is 1050 g/mol. The fraction of sp³-hybridized carbons (Fsp3) is 0.323. The van der Waals surface area contributed by atoms with Crippen LogP contribution in [0.3, 0.4) is 0 Å². The molecular weight excluding hydrogens is 977 g/mol. The lowest BCUT2D eigenvalue weighted by Gasteiger charge is -2.38. The highest BCUT2D eigenvalue weighted by Crippen LogP contribution is 2.35. The molecule has 16 heteroatoms. The number of aliphatic hydroxyl groups excluding tert-OH is 2. The molecule has 0 amide bonds. The van der Waals surface area contributed by atoms with Crippen molar-refractivity contribution in [3.05, 3.63) is 214 Å². The maximum Gasteiger partial charge on any atom is 0.178 e. The number of aryl methyl sites for hydroxylation is 4. The van der Waals surface area contributed by atoms with E-state index in [2.05, 4.69) is 200 Å². The standard InChI is InChI=1S/2C31H36N6O2/c2*1-24-9-6-10-25(2)29(24)37-31(32-33-34-37)30(27-14-7-15-28(23-27)39-22-21-38)36-19-17-35(18-20-36)16-8-13-26-11-4-3-5-12-26/h2*3-15,23,30,38H,16-22H2,1-2H3/b2*13-8+/t2*30-/m10/s1. The summed E-state index contributed by atoms with van der Waals surface area (Å²) >= 11 is 0. The summed E-state index contributed by atoms with van der Waals surface area (Å²) in [5.74, 6) is 3.01. The molecule has 16 nitrogen and oxygen atoms in total. The van der Waals surface area contributed by atoms with Gasteiger partial charge in [-0.1, -0.05) is 146 Å². The van der Waals surface area contributed by atoms with E-state index in [1.165, 1.54) is 11.1 Å². The summed E-state index contributed by atoms with van der Waals surface area (Å²) in [6.45, 7) is 17.9. The van der Waals surface area contributed by atoms with Gasteiger partial charge in [-0.05, 0) is 117 Å². The molecule has 2 fully saturated rings. The topological polar surface area (TPSA) is 159 Å². The second-order valence-electron chi connectivity index (χ2n) is 19.8. The number of hydrogen-bond donors (Lipinski definition) is 2. The number of piperazine rings is 2. The fourth-order valence-corrected chi connectivity index (χ4v) is 10.5. The first kappa shape index (κ1) is 55.1. The third-order valence-electron chi connectivity index (χ3n) is 14.3. The Balaban J connectivity index is 0.000000190. The van der Waals surface area contributed by atoms with Gasteiger partial charge in [-0.25, -0.2) is 0 Å². The first-order valence-electron chi connectivity index (χ1n) is 27.0. The van der Waals surface area contributed by atoms with Gasteiger partial charge in [-0.3, -0.25) is 19.6 Å². The Morgan fingerprint density at radius 3 is 1.21 bits per heavy atom. The van der Waals surface area contributed by atoms with Crippen LogP contribution in [0.4, 0.5) is 0 Å². The van der Waals surface area contributed by atoms with E-state index < -0.39 is 0 Å². The number of tetrazole rings is 2. The largest absolute Gasteiger partial charge is 0.491 e. The number of nitrogens with zero attached hydrogens (tertiary/aromatic N) is 12. The molecular formula is C62H72N12O4. The van der Waals surface area contributed by atoms with Crippen LogP contribution in [0.25, 0.3) is 23.5 Å². The maximum absolute atomic E-state index is 9.25. The molecule has 2 saturated heterocycles. The predicted molar refractivity (Wildman–Crippen MR) is 306 cm³/mol. The van der Waals surface area contributed by atoms with Crippen LogP contribution in [0.1, 0.15) is 68.2 Å². The molecule has 10 rings (SSSR count). The minimum Gasteiger partial charge on any atom is -0.491 e. The maximum atomic E-state index is 9.25. The van der Waals surface area contributed by atoms with Crippen LogP contribution in [0.15, 0.2) is 158 Å². The van der Waals surface area contributed by atoms with E-state index in [4.69, 9.17) is 9.47 Å². The van der Waals surface area contributed by atoms with Crippen molar-refractivity contribution < 1.29 is 19.7 Å². The molecule has 404 valence electrons. The summed E-state index contributed by atoms with van der Waals surface area (Å²) in [4.78, 5) is 9.86. The summed E-state index contributed by atoms with van der Waals surface area (Å²) in [6, 6.07) is 49.1. The van der Waals surface area contributed by atoms with Gasteiger partial charge < -0.3 is 19.7 Å². The zero-order valence-corrected chi connectivity index (χ0v) is 45.3. The van der Waals surface area contributed by atoms with Crippen molar-refractivity contribution in [1.82, 2.24) is 60.0 Å². The van der Waals surface area contributed by atoms with E-state index in [0.717, 1.165) is 133 Å². The number of ether oxygens (including phenoxy) is 2. The molecule has 0 aliphatic carbocycles. The second-order valence-corrected chi connectivity index (χ2v) is 19.8. The fourth-order valence-electron chi connectivity index (χ4n) is 10.5. The van der Waals surface area contributed by atoms with Crippen LogP contribution in [-0.4, -0.2) is 162 Å². The van der Waals surface area contributed by atoms with Crippen molar-refractivity contribution in [3.8, 4) is 22.9 Å². The third kappa shape index (κ3) is 14.1. The third-order valence-corrected chi connectivity index (χ3v) is 14.3. The van der Waals surface area contributed by atoms with Gasteiger partial charge in [0.25, 0.3) is 0 Å². The van der Waals surface area contributed by atoms with E-state index in [1.807, 2.05) is 57.9 Å². The molecule has 0 radical (unpaired) electrons. The molecule has 2 atom stereocenters. The van der Waals surface area contributed by atoms with Gasteiger partial charge in [-0.2, -0.15) is 9.36 Å². The summed E-state index contributed by atoms with van der Waals surface area (Å²) in [5.41, 5.74) is 11.1. The lowest BCUT2D eigenvalue weighted by molar-refractivity contribution is 0.113. The Labute approximate surface area is 458 Å². The molecule has 2 aliphatic heterocycles. The highest BCUT2D eigenvalue weighted by atomic mass is 16.5. The van der Waals surface area contributed by atoms with Crippen molar-refractivity contribution in [2.24, 2.45) is 0 Å². The zero-order chi connectivity index (χ0) is 54.1. The van der Waals surface area contributed by atoms with Crippen LogP contribution in [-0.2, 0) is 0 Å². The van der Waals surface area contributed by atoms with Crippen molar-refractivity contribution in [1.29, 1.82) is 0 Å². The molecule has 0 unspecified atom stereocenters. The van der Waals surface area contributed by atoms with E-state index in [9.17, 15) is 10.2 Å². The van der Waals surface area contributed by atoms with Crippen molar-refractivity contribution in [2.45, 2.75) is 39.8 Å². The molecule has 0 saturated carbocycles. The molecule has 0 spiro atoms. The molecule has 2 aromatic heterocycles. The summed E-state index contributed by atoms with van der Waals surface area (Å²) in [7, 11) is 0. The number of benzene rings is 6. The Kier molecular flexibility index (Phi) is 19.5. The molecule has 78 heavy (non-hydrogen) atoms. The Bertz CT molecular complexity index is 2930. The van der Waals surface area contributed by atoms with Gasteiger partial charge in [0.2, 0.25) is 0 Å². The quantitative estimate of drug-likeness (QED) is 0.0754. The summed E-state index contributed by atoms with van der Waals surface area (Å²) in [5, 5.41) is 44.8. The minimum atomic E-state index is -0.154. The van der Waals surface area contributed by atoms with Crippen molar-refractivity contribution in [3.63, 3.8) is 0 Å². The zero-order valence-electron chi connectivity index (χ0n) is 45.3. The van der Waals surface area contributed by atoms with Crippen LogP contribution in [0.2, 0.25) is 0 Å². The first-order valence-corrected chi connectivity index (χ1v) is 27.0. The van der Waals surface area contributed by atoms with Gasteiger partial charge in [0.05, 0.1) is 36.7 Å². The SMILES string of the molecule is Cc1cccc(C)c1-n1nnnc1[C@@H](c1cccc(OCCO)c1)N1CCN(C/C=C/c2ccccc2)CC1.Cc1cccc(C)c1-n1nnnc1[C@H](c1cccc(OCCO)c1)N1CCN(C/C=C/c2ccccc2)CC1. The molecule has 4 heterocycles. The molecule has 2 N–H and O–H groups in total. The smallest absolute Gasteiger partial charge is 0.178 e. The van der Waals surface area contributed by atoms with Crippen LogP contribution in [0.5, 0.6) is 11.5 Å². The number of hydrogen-bond acceptors (Lipinski definition) is 14. The Morgan fingerprint density at radius 2 is 0.833 bits per heavy atom. The molecule has 8 aromatic rings. The Hall–Kier alpha value is -7.70. The molecule has 0 bridgehead atoms.